The van der Waals surface area contributed by atoms with Crippen LogP contribution in [0.15, 0.2) is 36.5 Å². The third kappa shape index (κ3) is 3.30. The molecule has 0 atom stereocenters. The molecule has 0 saturated carbocycles. The third-order valence-electron chi connectivity index (χ3n) is 3.48. The summed E-state index contributed by atoms with van der Waals surface area (Å²) in [6.45, 7) is 2.13. The maximum Gasteiger partial charge on any atom is 0.276 e. The first-order valence-corrected chi connectivity index (χ1v) is 7.60. The third-order valence-corrected chi connectivity index (χ3v) is 3.93. The van der Waals surface area contributed by atoms with Gasteiger partial charge in [-0.2, -0.15) is 10.2 Å². The predicted molar refractivity (Wildman–Crippen MR) is 88.6 cm³/mol. The number of carbonyl (C=O) groups is 1. The van der Waals surface area contributed by atoms with E-state index in [0.29, 0.717) is 23.1 Å². The second kappa shape index (κ2) is 6.45. The quantitative estimate of drug-likeness (QED) is 0.789. The zero-order valence-electron chi connectivity index (χ0n) is 13.1. The minimum atomic E-state index is -0.390. The Balaban J connectivity index is 1.73. The van der Waals surface area contributed by atoms with Gasteiger partial charge < -0.3 is 5.32 Å². The molecule has 0 aliphatic heterocycles. The smallest absolute Gasteiger partial charge is 0.276 e. The number of aromatic nitrogens is 4. The summed E-state index contributed by atoms with van der Waals surface area (Å²) in [6.07, 6.45) is 1.70. The molecule has 24 heavy (non-hydrogen) atoms. The van der Waals surface area contributed by atoms with Crippen molar-refractivity contribution in [2.75, 3.05) is 5.32 Å². The van der Waals surface area contributed by atoms with Gasteiger partial charge >= 0.3 is 0 Å². The lowest BCUT2D eigenvalue weighted by molar-refractivity contribution is 0.101. The normalized spacial score (nSPS) is 10.8. The van der Waals surface area contributed by atoms with Crippen LogP contribution in [0.2, 0.25) is 5.02 Å². The van der Waals surface area contributed by atoms with E-state index >= 15 is 0 Å². The highest BCUT2D eigenvalue weighted by atomic mass is 35.5. The topological polar surface area (TPSA) is 64.7 Å². The Hall–Kier alpha value is -2.67. The van der Waals surface area contributed by atoms with Crippen LogP contribution in [0.1, 0.15) is 21.7 Å². The molecule has 0 fully saturated rings. The molecule has 0 radical (unpaired) electrons. The molecule has 6 nitrogen and oxygen atoms in total. The van der Waals surface area contributed by atoms with E-state index in [1.165, 1.54) is 16.8 Å². The van der Waals surface area contributed by atoms with E-state index in [0.717, 1.165) is 5.56 Å². The molecule has 1 aromatic carbocycles. The average molecular weight is 348 g/mol. The van der Waals surface area contributed by atoms with E-state index in [2.05, 4.69) is 15.5 Å². The lowest BCUT2D eigenvalue weighted by Gasteiger charge is -2.04. The first kappa shape index (κ1) is 16.2. The molecule has 1 amide bonds. The number of nitrogens with one attached hydrogen (secondary N) is 1. The van der Waals surface area contributed by atoms with Gasteiger partial charge in [0.1, 0.15) is 11.5 Å². The van der Waals surface area contributed by atoms with Crippen molar-refractivity contribution in [1.82, 2.24) is 19.6 Å². The summed E-state index contributed by atoms with van der Waals surface area (Å²) in [5.74, 6) is -0.306. The van der Waals surface area contributed by atoms with Crippen LogP contribution in [-0.4, -0.2) is 25.5 Å². The Labute approximate surface area is 142 Å². The number of carbonyl (C=O) groups excluding carboxylic acids is 1. The van der Waals surface area contributed by atoms with Gasteiger partial charge in [0.25, 0.3) is 5.91 Å². The molecule has 124 valence electrons. The van der Waals surface area contributed by atoms with Gasteiger partial charge in [0.05, 0.1) is 17.3 Å². The predicted octanol–water partition coefficient (Wildman–Crippen LogP) is 3.02. The second-order valence-corrected chi connectivity index (χ2v) is 5.73. The molecule has 0 aliphatic rings. The fourth-order valence-electron chi connectivity index (χ4n) is 2.39. The number of amides is 1. The number of aryl methyl sites for hydroxylation is 2. The van der Waals surface area contributed by atoms with Gasteiger partial charge in [0, 0.05) is 19.3 Å². The maximum atomic E-state index is 13.2. The summed E-state index contributed by atoms with van der Waals surface area (Å²) in [5.41, 5.74) is 1.64. The summed E-state index contributed by atoms with van der Waals surface area (Å²) in [7, 11) is 1.65. The molecule has 0 unspecified atom stereocenters. The first-order valence-electron chi connectivity index (χ1n) is 7.22. The number of hydrogen-bond donors (Lipinski definition) is 1. The average Bonchev–Trinajstić information content (AvgIpc) is 3.04. The van der Waals surface area contributed by atoms with E-state index in [1.54, 1.807) is 43.0 Å². The lowest BCUT2D eigenvalue weighted by atomic mass is 10.2. The van der Waals surface area contributed by atoms with E-state index in [4.69, 9.17) is 11.6 Å². The van der Waals surface area contributed by atoms with Crippen molar-refractivity contribution < 1.29 is 9.18 Å². The molecule has 2 aromatic heterocycles. The van der Waals surface area contributed by atoms with Gasteiger partial charge in [-0.3, -0.25) is 14.2 Å². The van der Waals surface area contributed by atoms with E-state index < -0.39 is 0 Å². The van der Waals surface area contributed by atoms with Crippen molar-refractivity contribution in [2.45, 2.75) is 13.5 Å². The fraction of sp³-hybridized carbons (Fsp3) is 0.188. The van der Waals surface area contributed by atoms with Crippen LogP contribution >= 0.6 is 11.6 Å². The van der Waals surface area contributed by atoms with Crippen molar-refractivity contribution in [2.24, 2.45) is 7.05 Å². The highest BCUT2D eigenvalue weighted by molar-refractivity contribution is 6.34. The Morgan fingerprint density at radius 1 is 1.33 bits per heavy atom. The van der Waals surface area contributed by atoms with Crippen molar-refractivity contribution >= 4 is 23.3 Å². The maximum absolute atomic E-state index is 13.2. The standard InChI is InChI=1S/C16H15ClFN5O/c1-10-14(17)15(22(2)20-10)16(24)19-13-6-7-23(21-13)9-11-4-3-5-12(18)8-11/h3-8H,9H2,1-2H3,(H,19,21,24). The zero-order valence-corrected chi connectivity index (χ0v) is 13.9. The Kier molecular flexibility index (Phi) is 4.35. The molecule has 0 spiro atoms. The Bertz CT molecular complexity index is 902. The van der Waals surface area contributed by atoms with Crippen LogP contribution < -0.4 is 5.32 Å². The molecule has 3 rings (SSSR count). The monoisotopic (exact) mass is 347 g/mol. The van der Waals surface area contributed by atoms with Gasteiger partial charge in [-0.1, -0.05) is 23.7 Å². The lowest BCUT2D eigenvalue weighted by Crippen LogP contribution is -2.17. The first-order chi connectivity index (χ1) is 11.4. The van der Waals surface area contributed by atoms with Gasteiger partial charge in [-0.25, -0.2) is 4.39 Å². The van der Waals surface area contributed by atoms with Crippen LogP contribution in [0.3, 0.4) is 0 Å². The van der Waals surface area contributed by atoms with Crippen LogP contribution in [0, 0.1) is 12.7 Å². The van der Waals surface area contributed by atoms with Crippen LogP contribution in [0.25, 0.3) is 0 Å². The molecule has 3 aromatic rings. The summed E-state index contributed by atoms with van der Waals surface area (Å²) in [6, 6.07) is 7.94. The largest absolute Gasteiger partial charge is 0.304 e. The Morgan fingerprint density at radius 3 is 2.79 bits per heavy atom. The highest BCUT2D eigenvalue weighted by Gasteiger charge is 2.19. The number of hydrogen-bond acceptors (Lipinski definition) is 3. The molecule has 0 saturated heterocycles. The van der Waals surface area contributed by atoms with E-state index in [-0.39, 0.29) is 17.4 Å². The summed E-state index contributed by atoms with van der Waals surface area (Å²) in [5, 5.41) is 11.4. The molecule has 2 heterocycles. The number of nitrogens with zero attached hydrogens (tertiary/aromatic N) is 4. The SMILES string of the molecule is Cc1nn(C)c(C(=O)Nc2ccn(Cc3cccc(F)c3)n2)c1Cl. The molecule has 1 N–H and O–H groups in total. The summed E-state index contributed by atoms with van der Waals surface area (Å²) >= 11 is 6.10. The molecule has 8 heteroatoms. The van der Waals surface area contributed by atoms with Crippen molar-refractivity contribution in [3.8, 4) is 0 Å². The van der Waals surface area contributed by atoms with E-state index in [1.807, 2.05) is 0 Å². The number of anilines is 1. The molecular formula is C16H15ClFN5O. The van der Waals surface area contributed by atoms with Crippen molar-refractivity contribution in [3.05, 3.63) is 64.3 Å². The number of benzene rings is 1. The zero-order chi connectivity index (χ0) is 17.3. The molecule has 0 aliphatic carbocycles. The minimum Gasteiger partial charge on any atom is -0.304 e. The number of rotatable bonds is 4. The summed E-state index contributed by atoms with van der Waals surface area (Å²) in [4.78, 5) is 12.3. The van der Waals surface area contributed by atoms with Gasteiger partial charge in [0.15, 0.2) is 5.82 Å². The molecule has 0 bridgehead atoms. The van der Waals surface area contributed by atoms with Gasteiger partial charge in [-0.15, -0.1) is 0 Å². The second-order valence-electron chi connectivity index (χ2n) is 5.35. The van der Waals surface area contributed by atoms with Crippen LogP contribution in [0.5, 0.6) is 0 Å². The summed E-state index contributed by atoms with van der Waals surface area (Å²) < 4.78 is 16.2. The van der Waals surface area contributed by atoms with E-state index in [9.17, 15) is 9.18 Å². The highest BCUT2D eigenvalue weighted by Crippen LogP contribution is 2.20. The van der Waals surface area contributed by atoms with Crippen molar-refractivity contribution in [3.63, 3.8) is 0 Å². The van der Waals surface area contributed by atoms with Gasteiger partial charge in [-0.05, 0) is 24.6 Å². The van der Waals surface area contributed by atoms with Crippen LogP contribution in [-0.2, 0) is 13.6 Å². The van der Waals surface area contributed by atoms with Gasteiger partial charge in [0.2, 0.25) is 0 Å². The van der Waals surface area contributed by atoms with Crippen LogP contribution in [0.4, 0.5) is 10.2 Å². The minimum absolute atomic E-state index is 0.272. The number of halogens is 2. The molecular weight excluding hydrogens is 333 g/mol. The van der Waals surface area contributed by atoms with Crippen molar-refractivity contribution in [1.29, 1.82) is 0 Å². The Morgan fingerprint density at radius 2 is 2.12 bits per heavy atom. The fourth-order valence-corrected chi connectivity index (χ4v) is 2.64.